The lowest BCUT2D eigenvalue weighted by Gasteiger charge is -2.06. The third-order valence-corrected chi connectivity index (χ3v) is 3.54. The van der Waals surface area contributed by atoms with Crippen molar-refractivity contribution in [2.75, 3.05) is 11.9 Å². The number of carbonyl (C=O) groups is 2. The summed E-state index contributed by atoms with van der Waals surface area (Å²) >= 11 is 6.70. The smallest absolute Gasteiger partial charge is 0.352 e. The number of anilines is 1. The number of nitrogens with zero attached hydrogens (tertiary/aromatic N) is 2. The van der Waals surface area contributed by atoms with Crippen LogP contribution in [0.5, 0.6) is 0 Å². The van der Waals surface area contributed by atoms with Crippen molar-refractivity contribution in [2.45, 2.75) is 13.3 Å². The molecule has 0 saturated carbocycles. The van der Waals surface area contributed by atoms with Crippen LogP contribution in [0.2, 0.25) is 5.02 Å². The average molecular weight is 326 g/mol. The molecule has 2 rings (SSSR count). The van der Waals surface area contributed by atoms with Gasteiger partial charge in [-0.1, -0.05) is 23.0 Å². The maximum Gasteiger partial charge on any atom is 0.352 e. The SMILES string of the molecule is CCc1nnsc1C(=O)OCC(=O)Nc1ccc(Cl)cc1. The number of carbonyl (C=O) groups excluding carboxylic acids is 2. The number of ether oxygens (including phenoxy) is 1. The van der Waals surface area contributed by atoms with E-state index in [2.05, 4.69) is 14.9 Å². The number of aryl methyl sites for hydroxylation is 1. The fourth-order valence-electron chi connectivity index (χ4n) is 1.52. The molecule has 1 amide bonds. The molecule has 110 valence electrons. The first-order chi connectivity index (χ1) is 10.1. The van der Waals surface area contributed by atoms with E-state index < -0.39 is 11.9 Å². The monoisotopic (exact) mass is 325 g/mol. The number of esters is 1. The lowest BCUT2D eigenvalue weighted by molar-refractivity contribution is -0.119. The first kappa shape index (κ1) is 15.4. The van der Waals surface area contributed by atoms with Crippen LogP contribution in [0.15, 0.2) is 24.3 Å². The van der Waals surface area contributed by atoms with E-state index in [1.165, 1.54) is 0 Å². The fraction of sp³-hybridized carbons (Fsp3) is 0.231. The first-order valence-electron chi connectivity index (χ1n) is 6.14. The molecule has 8 heteroatoms. The minimum atomic E-state index is -0.590. The van der Waals surface area contributed by atoms with Crippen molar-refractivity contribution in [3.63, 3.8) is 0 Å². The van der Waals surface area contributed by atoms with Gasteiger partial charge in [-0.15, -0.1) is 5.10 Å². The van der Waals surface area contributed by atoms with Crippen molar-refractivity contribution in [2.24, 2.45) is 0 Å². The summed E-state index contributed by atoms with van der Waals surface area (Å²) in [6.45, 7) is 1.49. The van der Waals surface area contributed by atoms with Crippen LogP contribution in [0.1, 0.15) is 22.3 Å². The van der Waals surface area contributed by atoms with E-state index in [1.54, 1.807) is 24.3 Å². The van der Waals surface area contributed by atoms with Crippen molar-refractivity contribution in [3.8, 4) is 0 Å². The zero-order valence-corrected chi connectivity index (χ0v) is 12.7. The van der Waals surface area contributed by atoms with E-state index in [-0.39, 0.29) is 6.61 Å². The highest BCUT2D eigenvalue weighted by Gasteiger charge is 2.17. The summed E-state index contributed by atoms with van der Waals surface area (Å²) < 4.78 is 8.63. The normalized spacial score (nSPS) is 10.2. The quantitative estimate of drug-likeness (QED) is 0.854. The summed E-state index contributed by atoms with van der Waals surface area (Å²) in [6, 6.07) is 6.62. The average Bonchev–Trinajstić information content (AvgIpc) is 2.96. The highest BCUT2D eigenvalue weighted by atomic mass is 35.5. The third-order valence-electron chi connectivity index (χ3n) is 2.54. The van der Waals surface area contributed by atoms with Crippen LogP contribution in [0, 0.1) is 0 Å². The van der Waals surface area contributed by atoms with Gasteiger partial charge in [0.2, 0.25) is 0 Å². The second-order valence-electron chi connectivity index (χ2n) is 4.03. The molecule has 2 aromatic rings. The standard InChI is InChI=1S/C13H12ClN3O3S/c1-2-10-12(21-17-16-10)13(19)20-7-11(18)15-9-5-3-8(14)4-6-9/h3-6H,2,7H2,1H3,(H,15,18). The third kappa shape index (κ3) is 4.24. The van der Waals surface area contributed by atoms with Gasteiger partial charge in [-0.25, -0.2) is 4.79 Å². The van der Waals surface area contributed by atoms with E-state index in [0.29, 0.717) is 27.7 Å². The predicted octanol–water partition coefficient (Wildman–Crippen LogP) is 2.55. The summed E-state index contributed by atoms with van der Waals surface area (Å²) in [5.74, 6) is -1.02. The van der Waals surface area contributed by atoms with Crippen LogP contribution < -0.4 is 5.32 Å². The van der Waals surface area contributed by atoms with Gasteiger partial charge in [-0.3, -0.25) is 4.79 Å². The molecule has 0 radical (unpaired) electrons. The zero-order chi connectivity index (χ0) is 15.2. The molecule has 0 bridgehead atoms. The second-order valence-corrected chi connectivity index (χ2v) is 5.22. The van der Waals surface area contributed by atoms with Crippen LogP contribution in [0.3, 0.4) is 0 Å². The minimum absolute atomic E-state index is 0.330. The van der Waals surface area contributed by atoms with Crippen molar-refractivity contribution >= 4 is 40.7 Å². The van der Waals surface area contributed by atoms with Crippen molar-refractivity contribution < 1.29 is 14.3 Å². The Morgan fingerprint density at radius 2 is 2.05 bits per heavy atom. The Balaban J connectivity index is 1.86. The molecule has 1 aromatic heterocycles. The second kappa shape index (κ2) is 7.14. The minimum Gasteiger partial charge on any atom is -0.451 e. The van der Waals surface area contributed by atoms with Crippen molar-refractivity contribution in [1.82, 2.24) is 9.59 Å². The molecular weight excluding hydrogens is 314 g/mol. The molecule has 1 aromatic carbocycles. The van der Waals surface area contributed by atoms with Gasteiger partial charge >= 0.3 is 5.97 Å². The number of rotatable bonds is 5. The molecule has 0 spiro atoms. The van der Waals surface area contributed by atoms with E-state index in [1.807, 2.05) is 6.92 Å². The largest absolute Gasteiger partial charge is 0.451 e. The predicted molar refractivity (Wildman–Crippen MR) is 79.7 cm³/mol. The van der Waals surface area contributed by atoms with Gasteiger partial charge in [0.15, 0.2) is 11.5 Å². The van der Waals surface area contributed by atoms with Crippen LogP contribution in [0.4, 0.5) is 5.69 Å². The van der Waals surface area contributed by atoms with Gasteiger partial charge < -0.3 is 10.1 Å². The Kier molecular flexibility index (Phi) is 5.24. The van der Waals surface area contributed by atoms with Crippen LogP contribution in [0.25, 0.3) is 0 Å². The Bertz CT molecular complexity index is 642. The highest BCUT2D eigenvalue weighted by molar-refractivity contribution is 7.07. The Labute approximate surface area is 130 Å². The maximum absolute atomic E-state index is 11.8. The van der Waals surface area contributed by atoms with Gasteiger partial charge in [0.1, 0.15) is 0 Å². The number of aromatic nitrogens is 2. The maximum atomic E-state index is 11.8. The summed E-state index contributed by atoms with van der Waals surface area (Å²) in [5.41, 5.74) is 1.15. The number of nitrogens with one attached hydrogen (secondary N) is 1. The lowest BCUT2D eigenvalue weighted by atomic mass is 10.3. The zero-order valence-electron chi connectivity index (χ0n) is 11.1. The Morgan fingerprint density at radius 1 is 1.33 bits per heavy atom. The molecular formula is C13H12ClN3O3S. The number of hydrogen-bond donors (Lipinski definition) is 1. The number of hydrogen-bond acceptors (Lipinski definition) is 6. The molecule has 0 saturated heterocycles. The molecule has 0 aliphatic carbocycles. The molecule has 1 N–H and O–H groups in total. The molecule has 0 fully saturated rings. The fourth-order valence-corrected chi connectivity index (χ4v) is 2.29. The van der Waals surface area contributed by atoms with E-state index in [0.717, 1.165) is 11.5 Å². The molecule has 6 nitrogen and oxygen atoms in total. The topological polar surface area (TPSA) is 81.2 Å². The first-order valence-corrected chi connectivity index (χ1v) is 7.29. The highest BCUT2D eigenvalue weighted by Crippen LogP contribution is 2.14. The molecule has 0 aliphatic rings. The Hall–Kier alpha value is -1.99. The Morgan fingerprint density at radius 3 is 2.71 bits per heavy atom. The summed E-state index contributed by atoms with van der Waals surface area (Å²) in [4.78, 5) is 23.8. The van der Waals surface area contributed by atoms with Crippen LogP contribution in [-0.4, -0.2) is 28.1 Å². The van der Waals surface area contributed by atoms with Crippen molar-refractivity contribution in [3.05, 3.63) is 39.9 Å². The molecule has 21 heavy (non-hydrogen) atoms. The molecule has 0 aliphatic heterocycles. The van der Waals surface area contributed by atoms with Gasteiger partial charge in [0.25, 0.3) is 5.91 Å². The summed E-state index contributed by atoms with van der Waals surface area (Å²) in [5, 5.41) is 6.98. The molecule has 0 unspecified atom stereocenters. The summed E-state index contributed by atoms with van der Waals surface area (Å²) in [6.07, 6.45) is 0.581. The van der Waals surface area contributed by atoms with Gasteiger partial charge in [-0.2, -0.15) is 0 Å². The molecule has 0 atom stereocenters. The number of amides is 1. The molecule has 1 heterocycles. The lowest BCUT2D eigenvalue weighted by Crippen LogP contribution is -2.21. The van der Waals surface area contributed by atoms with E-state index in [4.69, 9.17) is 16.3 Å². The summed E-state index contributed by atoms with van der Waals surface area (Å²) in [7, 11) is 0. The number of benzene rings is 1. The van der Waals surface area contributed by atoms with Gasteiger partial charge in [0.05, 0.1) is 5.69 Å². The van der Waals surface area contributed by atoms with E-state index in [9.17, 15) is 9.59 Å². The van der Waals surface area contributed by atoms with E-state index >= 15 is 0 Å². The van der Waals surface area contributed by atoms with Crippen LogP contribution >= 0.6 is 23.1 Å². The number of halogens is 1. The van der Waals surface area contributed by atoms with Gasteiger partial charge in [-0.05, 0) is 42.2 Å². The van der Waals surface area contributed by atoms with Crippen LogP contribution in [-0.2, 0) is 16.0 Å². The van der Waals surface area contributed by atoms with Gasteiger partial charge in [0, 0.05) is 10.7 Å². The van der Waals surface area contributed by atoms with Crippen molar-refractivity contribution in [1.29, 1.82) is 0 Å².